The Bertz CT molecular complexity index is 1330. The number of hydrogen-bond acceptors (Lipinski definition) is 5. The third-order valence-corrected chi connectivity index (χ3v) is 6.18. The number of benzene rings is 3. The fourth-order valence-corrected chi connectivity index (χ4v) is 4.26. The molecule has 0 saturated heterocycles. The Morgan fingerprint density at radius 2 is 1.80 bits per heavy atom. The molecule has 0 fully saturated rings. The van der Waals surface area contributed by atoms with E-state index < -0.39 is 0 Å². The van der Waals surface area contributed by atoms with Gasteiger partial charge >= 0.3 is 0 Å². The summed E-state index contributed by atoms with van der Waals surface area (Å²) >= 11 is 6.09. The largest absolute Gasteiger partial charge is 0.497 e. The monoisotopic (exact) mass is 485 g/mol. The Morgan fingerprint density at radius 1 is 1.06 bits per heavy atom. The van der Waals surface area contributed by atoms with Crippen LogP contribution in [-0.4, -0.2) is 27.8 Å². The molecule has 2 atom stereocenters. The maximum Gasteiger partial charge on any atom is 0.250 e. The molecule has 0 spiro atoms. The highest BCUT2D eigenvalue weighted by molar-refractivity contribution is 6.30. The highest BCUT2D eigenvalue weighted by atomic mass is 35.5. The van der Waals surface area contributed by atoms with Gasteiger partial charge in [0.15, 0.2) is 0 Å². The van der Waals surface area contributed by atoms with Crippen molar-refractivity contribution in [2.45, 2.75) is 18.5 Å². The summed E-state index contributed by atoms with van der Waals surface area (Å²) in [6.45, 7) is 0. The molecule has 8 heteroatoms. The van der Waals surface area contributed by atoms with E-state index in [0.717, 1.165) is 28.9 Å². The molecule has 2 N–H and O–H groups in total. The minimum atomic E-state index is -0.311. The van der Waals surface area contributed by atoms with Gasteiger partial charge in [-0.2, -0.15) is 4.98 Å². The first-order chi connectivity index (χ1) is 17.1. The van der Waals surface area contributed by atoms with E-state index in [-0.39, 0.29) is 23.9 Å². The quantitative estimate of drug-likeness (QED) is 0.340. The van der Waals surface area contributed by atoms with Gasteiger partial charge in [0, 0.05) is 11.1 Å². The van der Waals surface area contributed by atoms with Crippen LogP contribution in [0.25, 0.3) is 6.08 Å². The average molecular weight is 486 g/mol. The van der Waals surface area contributed by atoms with Gasteiger partial charge < -0.3 is 10.1 Å². The summed E-state index contributed by atoms with van der Waals surface area (Å²) in [5, 5.41) is 11.5. The summed E-state index contributed by atoms with van der Waals surface area (Å²) in [6, 6.07) is 25.4. The number of hydrogen-bond donors (Lipinski definition) is 2. The lowest BCUT2D eigenvalue weighted by Crippen LogP contribution is -2.28. The fourth-order valence-electron chi connectivity index (χ4n) is 4.14. The van der Waals surface area contributed by atoms with Gasteiger partial charge in [0.05, 0.1) is 19.2 Å². The molecule has 4 aromatic rings. The standard InChI is InChI=1S/C27H24ClN5O2/c1-35-22-14-7-18(8-15-22)9-16-25(34)30-26-31-27-29-23(19-10-12-21(28)13-11-19)17-24(33(27)32-26)20-5-3-2-4-6-20/h2-16,23-24H,17H2,1H3,(H2,29,30,31,32,34)/b16-9+/t23-,24+/m0/s1. The van der Waals surface area contributed by atoms with Crippen molar-refractivity contribution in [2.75, 3.05) is 17.7 Å². The van der Waals surface area contributed by atoms with Crippen LogP contribution in [0, 0.1) is 0 Å². The van der Waals surface area contributed by atoms with Crippen molar-refractivity contribution >= 4 is 35.5 Å². The minimum Gasteiger partial charge on any atom is -0.497 e. The van der Waals surface area contributed by atoms with E-state index in [1.54, 1.807) is 13.2 Å². The first-order valence-electron chi connectivity index (χ1n) is 11.3. The summed E-state index contributed by atoms with van der Waals surface area (Å²) in [6.07, 6.45) is 3.96. The van der Waals surface area contributed by atoms with Crippen molar-refractivity contribution in [3.8, 4) is 5.75 Å². The van der Waals surface area contributed by atoms with Crippen LogP contribution in [0.2, 0.25) is 5.02 Å². The third kappa shape index (κ3) is 5.20. The summed E-state index contributed by atoms with van der Waals surface area (Å²) in [5.74, 6) is 1.29. The van der Waals surface area contributed by atoms with Crippen LogP contribution in [-0.2, 0) is 4.79 Å². The lowest BCUT2D eigenvalue weighted by Gasteiger charge is -2.31. The van der Waals surface area contributed by atoms with Crippen molar-refractivity contribution in [1.29, 1.82) is 0 Å². The van der Waals surface area contributed by atoms with Crippen molar-refractivity contribution < 1.29 is 9.53 Å². The Balaban J connectivity index is 1.37. The van der Waals surface area contributed by atoms with Crippen LogP contribution >= 0.6 is 11.6 Å². The van der Waals surface area contributed by atoms with E-state index in [4.69, 9.17) is 16.3 Å². The van der Waals surface area contributed by atoms with E-state index in [1.165, 1.54) is 6.08 Å². The van der Waals surface area contributed by atoms with Crippen LogP contribution in [0.1, 0.15) is 35.2 Å². The predicted molar refractivity (Wildman–Crippen MR) is 138 cm³/mol. The second kappa shape index (κ2) is 10.0. The maximum atomic E-state index is 12.5. The second-order valence-corrected chi connectivity index (χ2v) is 8.65. The second-order valence-electron chi connectivity index (χ2n) is 8.21. The van der Waals surface area contributed by atoms with Gasteiger partial charge in [-0.15, -0.1) is 5.10 Å². The topological polar surface area (TPSA) is 81.1 Å². The van der Waals surface area contributed by atoms with Crippen molar-refractivity contribution in [3.05, 3.63) is 107 Å². The Morgan fingerprint density at radius 3 is 2.51 bits per heavy atom. The van der Waals surface area contributed by atoms with Crippen LogP contribution in [0.15, 0.2) is 84.9 Å². The number of halogens is 1. The molecule has 176 valence electrons. The Labute approximate surface area is 208 Å². The van der Waals surface area contributed by atoms with Crippen molar-refractivity contribution in [2.24, 2.45) is 0 Å². The molecule has 0 radical (unpaired) electrons. The molecule has 0 aliphatic carbocycles. The van der Waals surface area contributed by atoms with Gasteiger partial charge in [0.2, 0.25) is 5.95 Å². The molecule has 0 saturated carbocycles. The number of rotatable bonds is 6. The zero-order valence-corrected chi connectivity index (χ0v) is 19.8. The normalized spacial score (nSPS) is 17.0. The number of anilines is 2. The number of fused-ring (bicyclic) bond motifs is 1. The van der Waals surface area contributed by atoms with Gasteiger partial charge in [0.25, 0.3) is 11.9 Å². The summed E-state index contributed by atoms with van der Waals surface area (Å²) in [5.41, 5.74) is 3.11. The fraction of sp³-hybridized carbons (Fsp3) is 0.148. The van der Waals surface area contributed by atoms with E-state index in [2.05, 4.69) is 32.8 Å². The van der Waals surface area contributed by atoms with E-state index >= 15 is 0 Å². The molecule has 0 bridgehead atoms. The summed E-state index contributed by atoms with van der Waals surface area (Å²) < 4.78 is 7.00. The smallest absolute Gasteiger partial charge is 0.250 e. The van der Waals surface area contributed by atoms with Gasteiger partial charge in [-0.3, -0.25) is 10.1 Å². The third-order valence-electron chi connectivity index (χ3n) is 5.92. The molecule has 1 amide bonds. The highest BCUT2D eigenvalue weighted by Crippen LogP contribution is 2.38. The lowest BCUT2D eigenvalue weighted by atomic mass is 9.93. The predicted octanol–water partition coefficient (Wildman–Crippen LogP) is 5.74. The molecule has 5 rings (SSSR count). The zero-order valence-electron chi connectivity index (χ0n) is 19.1. The van der Waals surface area contributed by atoms with Crippen LogP contribution in [0.3, 0.4) is 0 Å². The number of amides is 1. The van der Waals surface area contributed by atoms with Crippen LogP contribution in [0.5, 0.6) is 5.75 Å². The maximum absolute atomic E-state index is 12.5. The van der Waals surface area contributed by atoms with Gasteiger partial charge in [-0.1, -0.05) is 66.2 Å². The molecule has 7 nitrogen and oxygen atoms in total. The number of nitrogens with one attached hydrogen (secondary N) is 2. The molecule has 1 aromatic heterocycles. The Kier molecular flexibility index (Phi) is 6.50. The minimum absolute atomic E-state index is 0.0210. The first kappa shape index (κ1) is 22.7. The number of ether oxygens (including phenoxy) is 1. The number of carbonyl (C=O) groups is 1. The number of methoxy groups -OCH3 is 1. The van der Waals surface area contributed by atoms with Crippen molar-refractivity contribution in [3.63, 3.8) is 0 Å². The summed E-state index contributed by atoms with van der Waals surface area (Å²) in [7, 11) is 1.62. The number of nitrogens with zero attached hydrogens (tertiary/aromatic N) is 3. The first-order valence-corrected chi connectivity index (χ1v) is 11.6. The molecule has 0 unspecified atom stereocenters. The molecule has 35 heavy (non-hydrogen) atoms. The van der Waals surface area contributed by atoms with Gasteiger partial charge in [-0.05, 0) is 53.5 Å². The SMILES string of the molecule is COc1ccc(/C=C/C(=O)Nc2nc3n(n2)[C@@H](c2ccccc2)C[C@@H](c2ccc(Cl)cc2)N3)cc1. The van der Waals surface area contributed by atoms with Crippen molar-refractivity contribution in [1.82, 2.24) is 14.8 Å². The lowest BCUT2D eigenvalue weighted by molar-refractivity contribution is -0.111. The molecule has 2 heterocycles. The Hall–Kier alpha value is -4.10. The van der Waals surface area contributed by atoms with E-state index in [9.17, 15) is 4.79 Å². The summed E-state index contributed by atoms with van der Waals surface area (Å²) in [4.78, 5) is 17.1. The molecular weight excluding hydrogens is 462 g/mol. The van der Waals surface area contributed by atoms with Crippen LogP contribution in [0.4, 0.5) is 11.9 Å². The van der Waals surface area contributed by atoms with Gasteiger partial charge in [-0.25, -0.2) is 4.68 Å². The number of aromatic nitrogens is 3. The van der Waals surface area contributed by atoms with Gasteiger partial charge in [0.1, 0.15) is 5.75 Å². The highest BCUT2D eigenvalue weighted by Gasteiger charge is 2.31. The molecule has 1 aliphatic heterocycles. The molecule has 1 aliphatic rings. The van der Waals surface area contributed by atoms with E-state index in [1.807, 2.05) is 71.4 Å². The molecule has 3 aromatic carbocycles. The average Bonchev–Trinajstić information content (AvgIpc) is 3.30. The molecular formula is C27H24ClN5O2. The zero-order chi connectivity index (χ0) is 24.2. The van der Waals surface area contributed by atoms with Crippen LogP contribution < -0.4 is 15.4 Å². The van der Waals surface area contributed by atoms with E-state index in [0.29, 0.717) is 11.0 Å². The number of carbonyl (C=O) groups excluding carboxylic acids is 1.